The van der Waals surface area contributed by atoms with Crippen molar-refractivity contribution in [3.05, 3.63) is 41.6 Å². The Balaban J connectivity index is 2.43. The molecule has 1 aromatic rings. The Morgan fingerprint density at radius 3 is 2.62 bits per heavy atom. The molecule has 0 aliphatic heterocycles. The van der Waals surface area contributed by atoms with E-state index in [1.807, 2.05) is 6.20 Å². The fourth-order valence-corrected chi connectivity index (χ4v) is 3.14. The van der Waals surface area contributed by atoms with Crippen molar-refractivity contribution >= 4 is 23.7 Å². The van der Waals surface area contributed by atoms with Crippen LogP contribution in [0.4, 0.5) is 0 Å². The van der Waals surface area contributed by atoms with Crippen molar-refractivity contribution in [1.29, 1.82) is 0 Å². The van der Waals surface area contributed by atoms with Crippen molar-refractivity contribution in [2.75, 3.05) is 19.4 Å². The molecule has 0 radical (unpaired) electrons. The van der Waals surface area contributed by atoms with Gasteiger partial charge >= 0.3 is 0 Å². The van der Waals surface area contributed by atoms with Gasteiger partial charge < -0.3 is 9.64 Å². The molecule has 0 bridgehead atoms. The first kappa shape index (κ1) is 20.6. The highest BCUT2D eigenvalue weighted by atomic mass is 32.2. The fraction of sp³-hybridized carbons (Fsp3) is 0.500. The third-order valence-electron chi connectivity index (χ3n) is 4.13. The van der Waals surface area contributed by atoms with Gasteiger partial charge in [-0.05, 0) is 63.0 Å². The number of carbonyl (C=O) groups is 1. The van der Waals surface area contributed by atoms with Crippen LogP contribution >= 0.6 is 11.8 Å². The van der Waals surface area contributed by atoms with E-state index in [0.717, 1.165) is 29.9 Å². The standard InChI is InChI=1S/C22H31NO2S/c1-16(2)10-19(13-23(15-24)12-17(3)4)21-11-20(26-5)8-9-22(21)25-14-18-6-7-18/h8-11,13,15,17-18H,6-7,12,14H2,1-5H3/b19-13+. The first-order valence-corrected chi connectivity index (χ1v) is 10.5. The van der Waals surface area contributed by atoms with E-state index in [1.54, 1.807) is 16.7 Å². The molecule has 1 fully saturated rings. The molecule has 26 heavy (non-hydrogen) atoms. The van der Waals surface area contributed by atoms with Crippen LogP contribution in [0.25, 0.3) is 5.57 Å². The molecule has 1 amide bonds. The minimum Gasteiger partial charge on any atom is -0.493 e. The lowest BCUT2D eigenvalue weighted by Gasteiger charge is -2.19. The molecule has 1 aromatic carbocycles. The Bertz CT molecular complexity index is 671. The molecule has 1 aliphatic carbocycles. The number of rotatable bonds is 10. The van der Waals surface area contributed by atoms with Crippen molar-refractivity contribution in [3.8, 4) is 5.75 Å². The lowest BCUT2D eigenvalue weighted by atomic mass is 10.0. The number of nitrogens with zero attached hydrogens (tertiary/aromatic N) is 1. The number of carbonyl (C=O) groups excluding carboxylic acids is 1. The largest absolute Gasteiger partial charge is 0.493 e. The topological polar surface area (TPSA) is 29.5 Å². The van der Waals surface area contributed by atoms with E-state index in [4.69, 9.17) is 4.74 Å². The van der Waals surface area contributed by atoms with Crippen LogP contribution in [0.15, 0.2) is 40.9 Å². The zero-order chi connectivity index (χ0) is 19.1. The Morgan fingerprint density at radius 2 is 2.08 bits per heavy atom. The van der Waals surface area contributed by atoms with E-state index < -0.39 is 0 Å². The minimum atomic E-state index is 0.410. The Hall–Kier alpha value is -1.68. The van der Waals surface area contributed by atoms with E-state index in [-0.39, 0.29) is 0 Å². The van der Waals surface area contributed by atoms with Crippen LogP contribution in [0.2, 0.25) is 0 Å². The van der Waals surface area contributed by atoms with E-state index >= 15 is 0 Å². The summed E-state index contributed by atoms with van der Waals surface area (Å²) in [7, 11) is 0. The van der Waals surface area contributed by atoms with Gasteiger partial charge in [0.05, 0.1) is 6.61 Å². The van der Waals surface area contributed by atoms with Crippen LogP contribution in [0.1, 0.15) is 46.1 Å². The number of hydrogen-bond acceptors (Lipinski definition) is 3. The van der Waals surface area contributed by atoms with Gasteiger partial charge in [0.25, 0.3) is 0 Å². The van der Waals surface area contributed by atoms with Gasteiger partial charge in [-0.2, -0.15) is 0 Å². The van der Waals surface area contributed by atoms with E-state index in [9.17, 15) is 4.79 Å². The van der Waals surface area contributed by atoms with Crippen molar-refractivity contribution in [2.24, 2.45) is 11.8 Å². The van der Waals surface area contributed by atoms with E-state index in [1.165, 1.54) is 23.3 Å². The van der Waals surface area contributed by atoms with Crippen LogP contribution in [0.3, 0.4) is 0 Å². The third-order valence-corrected chi connectivity index (χ3v) is 4.85. The molecule has 142 valence electrons. The maximum atomic E-state index is 11.5. The maximum absolute atomic E-state index is 11.5. The first-order chi connectivity index (χ1) is 12.4. The molecule has 0 atom stereocenters. The first-order valence-electron chi connectivity index (χ1n) is 9.32. The number of allylic oxidation sites excluding steroid dienone is 3. The normalized spacial score (nSPS) is 14.3. The zero-order valence-corrected chi connectivity index (χ0v) is 17.4. The summed E-state index contributed by atoms with van der Waals surface area (Å²) < 4.78 is 6.13. The number of amides is 1. The molecule has 0 saturated heterocycles. The molecule has 1 saturated carbocycles. The second kappa shape index (κ2) is 9.86. The molecular weight excluding hydrogens is 342 g/mol. The van der Waals surface area contributed by atoms with E-state index in [2.05, 4.69) is 58.2 Å². The molecule has 3 nitrogen and oxygen atoms in total. The van der Waals surface area contributed by atoms with Crippen LogP contribution in [0.5, 0.6) is 5.75 Å². The summed E-state index contributed by atoms with van der Waals surface area (Å²) in [5.41, 5.74) is 3.25. The Morgan fingerprint density at radius 1 is 1.35 bits per heavy atom. The molecule has 0 aromatic heterocycles. The fourth-order valence-electron chi connectivity index (χ4n) is 2.70. The highest BCUT2D eigenvalue weighted by Gasteiger charge is 2.22. The van der Waals surface area contributed by atoms with Gasteiger partial charge in [-0.3, -0.25) is 4.79 Å². The van der Waals surface area contributed by atoms with Gasteiger partial charge in [0.15, 0.2) is 0 Å². The Labute approximate surface area is 162 Å². The van der Waals surface area contributed by atoms with Gasteiger partial charge in [-0.15, -0.1) is 11.8 Å². The number of thioether (sulfide) groups is 1. The lowest BCUT2D eigenvalue weighted by Crippen LogP contribution is -2.21. The summed E-state index contributed by atoms with van der Waals surface area (Å²) in [4.78, 5) is 14.5. The molecule has 2 rings (SSSR count). The second-order valence-corrected chi connectivity index (χ2v) is 8.50. The van der Waals surface area contributed by atoms with Gasteiger partial charge in [0, 0.05) is 28.8 Å². The van der Waals surface area contributed by atoms with Crippen LogP contribution < -0.4 is 4.74 Å². The van der Waals surface area contributed by atoms with Gasteiger partial charge in [-0.25, -0.2) is 0 Å². The van der Waals surface area contributed by atoms with Crippen molar-refractivity contribution in [3.63, 3.8) is 0 Å². The minimum absolute atomic E-state index is 0.410. The summed E-state index contributed by atoms with van der Waals surface area (Å²) in [5, 5.41) is 0. The number of hydrogen-bond donors (Lipinski definition) is 0. The zero-order valence-electron chi connectivity index (χ0n) is 16.6. The third kappa shape index (κ3) is 6.56. The smallest absolute Gasteiger partial charge is 0.213 e. The quantitative estimate of drug-likeness (QED) is 0.303. The molecule has 1 aliphatic rings. The highest BCUT2D eigenvalue weighted by molar-refractivity contribution is 7.98. The number of ether oxygens (including phenoxy) is 1. The van der Waals surface area contributed by atoms with Gasteiger partial charge in [-0.1, -0.05) is 25.5 Å². The SMILES string of the molecule is CSc1ccc(OCC2CC2)c(/C(C=C(C)C)=C/N(C=O)CC(C)C)c1. The molecule has 0 unspecified atom stereocenters. The monoisotopic (exact) mass is 373 g/mol. The predicted octanol–water partition coefficient (Wildman–Crippen LogP) is 5.62. The summed E-state index contributed by atoms with van der Waals surface area (Å²) in [6, 6.07) is 6.32. The van der Waals surface area contributed by atoms with Crippen molar-refractivity contribution in [1.82, 2.24) is 4.90 Å². The second-order valence-electron chi connectivity index (χ2n) is 7.62. The predicted molar refractivity (Wildman–Crippen MR) is 111 cm³/mol. The molecule has 0 heterocycles. The van der Waals surface area contributed by atoms with Crippen LogP contribution in [-0.4, -0.2) is 30.7 Å². The van der Waals surface area contributed by atoms with Gasteiger partial charge in [0.2, 0.25) is 6.41 Å². The van der Waals surface area contributed by atoms with Crippen LogP contribution in [0, 0.1) is 11.8 Å². The lowest BCUT2D eigenvalue weighted by molar-refractivity contribution is -0.116. The van der Waals surface area contributed by atoms with Crippen LogP contribution in [-0.2, 0) is 4.79 Å². The highest BCUT2D eigenvalue weighted by Crippen LogP contribution is 2.35. The maximum Gasteiger partial charge on any atom is 0.213 e. The summed E-state index contributed by atoms with van der Waals surface area (Å²) in [6.07, 6.45) is 9.58. The molecular formula is C22H31NO2S. The summed E-state index contributed by atoms with van der Waals surface area (Å²) in [5.74, 6) is 2.01. The van der Waals surface area contributed by atoms with Crippen molar-refractivity contribution in [2.45, 2.75) is 45.4 Å². The molecule has 0 spiro atoms. The summed E-state index contributed by atoms with van der Waals surface area (Å²) in [6.45, 7) is 9.85. The van der Waals surface area contributed by atoms with E-state index in [0.29, 0.717) is 18.4 Å². The molecule has 0 N–H and O–H groups in total. The average molecular weight is 374 g/mol. The molecule has 4 heteroatoms. The average Bonchev–Trinajstić information content (AvgIpc) is 3.42. The number of benzene rings is 1. The van der Waals surface area contributed by atoms with Crippen molar-refractivity contribution < 1.29 is 9.53 Å². The Kier molecular flexibility index (Phi) is 7.83. The van der Waals surface area contributed by atoms with Gasteiger partial charge in [0.1, 0.15) is 5.75 Å². The summed E-state index contributed by atoms with van der Waals surface area (Å²) >= 11 is 1.71.